The summed E-state index contributed by atoms with van der Waals surface area (Å²) in [4.78, 5) is 0. The van der Waals surface area contributed by atoms with Gasteiger partial charge in [-0.2, -0.15) is 13.2 Å². The Morgan fingerprint density at radius 1 is 0.893 bits per heavy atom. The molecule has 0 saturated heterocycles. The lowest BCUT2D eigenvalue weighted by atomic mass is 9.77. The van der Waals surface area contributed by atoms with E-state index in [9.17, 15) is 17.6 Å². The molecule has 2 aromatic carbocycles. The lowest BCUT2D eigenvalue weighted by Crippen LogP contribution is -2.14. The molecule has 0 radical (unpaired) electrons. The largest absolute Gasteiger partial charge is 0.450 e. The van der Waals surface area contributed by atoms with Crippen molar-refractivity contribution < 1.29 is 26.4 Å². The van der Waals surface area contributed by atoms with Crippen molar-refractivity contribution >= 4 is 21.9 Å². The molecule has 1 saturated carbocycles. The third-order valence-electron chi connectivity index (χ3n) is 6.01. The van der Waals surface area contributed by atoms with Crippen LogP contribution in [0.5, 0.6) is 0 Å². The predicted molar refractivity (Wildman–Crippen MR) is 98.2 cm³/mol. The van der Waals surface area contributed by atoms with Crippen molar-refractivity contribution in [3.05, 3.63) is 47.0 Å². The van der Waals surface area contributed by atoms with Gasteiger partial charge in [-0.15, -0.1) is 0 Å². The van der Waals surface area contributed by atoms with E-state index in [0.717, 1.165) is 38.2 Å². The minimum absolute atomic E-state index is 0.0568. The summed E-state index contributed by atoms with van der Waals surface area (Å²) < 4.78 is 73.7. The summed E-state index contributed by atoms with van der Waals surface area (Å²) in [5.74, 6) is -1.35. The topological polar surface area (TPSA) is 13.1 Å². The molecule has 0 atom stereocenters. The van der Waals surface area contributed by atoms with Crippen LogP contribution < -0.4 is 0 Å². The van der Waals surface area contributed by atoms with Gasteiger partial charge < -0.3 is 4.42 Å². The van der Waals surface area contributed by atoms with E-state index in [-0.39, 0.29) is 16.9 Å². The van der Waals surface area contributed by atoms with Crippen LogP contribution in [0.4, 0.5) is 22.0 Å². The fourth-order valence-corrected chi connectivity index (χ4v) is 4.56. The molecule has 0 bridgehead atoms. The molecule has 1 nitrogen and oxygen atoms in total. The van der Waals surface area contributed by atoms with Crippen LogP contribution in [0.3, 0.4) is 0 Å². The quantitative estimate of drug-likeness (QED) is 0.409. The highest BCUT2D eigenvalue weighted by Gasteiger charge is 2.36. The Hall–Kier alpha value is -2.11. The highest BCUT2D eigenvalue weighted by Crippen LogP contribution is 2.43. The molecule has 6 heteroatoms. The van der Waals surface area contributed by atoms with E-state index < -0.39 is 29.0 Å². The van der Waals surface area contributed by atoms with Gasteiger partial charge in [0.25, 0.3) is 0 Å². The number of hydrogen-bond donors (Lipinski definition) is 0. The van der Waals surface area contributed by atoms with Gasteiger partial charge in [-0.25, -0.2) is 8.78 Å². The third-order valence-corrected chi connectivity index (χ3v) is 6.01. The van der Waals surface area contributed by atoms with Crippen LogP contribution in [0, 0.1) is 17.6 Å². The second-order valence-corrected chi connectivity index (χ2v) is 7.76. The average molecular weight is 396 g/mol. The Morgan fingerprint density at radius 3 is 2.11 bits per heavy atom. The number of rotatable bonds is 3. The van der Waals surface area contributed by atoms with Gasteiger partial charge in [0.05, 0.1) is 5.56 Å². The van der Waals surface area contributed by atoms with Crippen LogP contribution in [-0.2, 0) is 6.18 Å². The Balaban J connectivity index is 1.75. The zero-order valence-electron chi connectivity index (χ0n) is 15.5. The molecular weight excluding hydrogens is 375 g/mol. The second kappa shape index (κ2) is 7.05. The number of furan rings is 1. The van der Waals surface area contributed by atoms with E-state index in [0.29, 0.717) is 22.9 Å². The van der Waals surface area contributed by atoms with Crippen LogP contribution in [0.2, 0.25) is 0 Å². The zero-order valence-corrected chi connectivity index (χ0v) is 15.5. The van der Waals surface area contributed by atoms with Gasteiger partial charge in [-0.05, 0) is 61.3 Å². The Bertz CT molecular complexity index is 1010. The number of halogens is 5. The number of hydrogen-bond acceptors (Lipinski definition) is 1. The SMILES string of the molecule is CCCC1CCC(c2ccc3c(oc4c(F)c(C(F)(F)F)ccc43)c2F)CC1. The van der Waals surface area contributed by atoms with Crippen LogP contribution in [-0.4, -0.2) is 0 Å². The molecule has 3 aromatic rings. The van der Waals surface area contributed by atoms with Gasteiger partial charge in [-0.1, -0.05) is 25.8 Å². The molecule has 0 spiro atoms. The van der Waals surface area contributed by atoms with Gasteiger partial charge >= 0.3 is 6.18 Å². The second-order valence-electron chi connectivity index (χ2n) is 7.76. The number of alkyl halides is 3. The van der Waals surface area contributed by atoms with Crippen molar-refractivity contribution in [1.29, 1.82) is 0 Å². The molecule has 1 fully saturated rings. The Kier molecular flexibility index (Phi) is 4.84. The van der Waals surface area contributed by atoms with Gasteiger partial charge in [0.2, 0.25) is 0 Å². The maximum Gasteiger partial charge on any atom is 0.419 e. The molecule has 4 rings (SSSR count). The molecule has 1 aromatic heterocycles. The third kappa shape index (κ3) is 3.16. The van der Waals surface area contributed by atoms with E-state index in [1.807, 2.05) is 0 Å². The van der Waals surface area contributed by atoms with E-state index in [2.05, 4.69) is 6.92 Å². The van der Waals surface area contributed by atoms with Crippen LogP contribution in [0.25, 0.3) is 21.9 Å². The molecule has 28 heavy (non-hydrogen) atoms. The van der Waals surface area contributed by atoms with Crippen molar-refractivity contribution in [3.8, 4) is 0 Å². The van der Waals surface area contributed by atoms with Gasteiger partial charge in [-0.3, -0.25) is 0 Å². The molecule has 0 aliphatic heterocycles. The summed E-state index contributed by atoms with van der Waals surface area (Å²) in [6.45, 7) is 2.16. The highest BCUT2D eigenvalue weighted by atomic mass is 19.4. The molecular formula is C22H21F5O. The molecule has 1 heterocycles. The van der Waals surface area contributed by atoms with E-state index in [4.69, 9.17) is 4.42 Å². The fourth-order valence-electron chi connectivity index (χ4n) is 4.56. The minimum Gasteiger partial charge on any atom is -0.450 e. The van der Waals surface area contributed by atoms with Crippen molar-refractivity contribution in [3.63, 3.8) is 0 Å². The van der Waals surface area contributed by atoms with Gasteiger partial charge in [0.1, 0.15) is 0 Å². The standard InChI is InChI=1S/C22H21F5O/c1-2-3-12-4-6-13(7-5-12)14-8-9-15-16-10-11-17(22(25,26)27)19(24)21(16)28-20(15)18(14)23/h8-13H,2-7H2,1H3. The first-order valence-electron chi connectivity index (χ1n) is 9.71. The summed E-state index contributed by atoms with van der Waals surface area (Å²) in [5, 5.41) is 0.446. The number of fused-ring (bicyclic) bond motifs is 3. The minimum atomic E-state index is -4.84. The summed E-state index contributed by atoms with van der Waals surface area (Å²) in [5.41, 5.74) is -1.61. The van der Waals surface area contributed by atoms with Crippen molar-refractivity contribution in [2.45, 2.75) is 57.5 Å². The van der Waals surface area contributed by atoms with E-state index >= 15 is 4.39 Å². The monoisotopic (exact) mass is 396 g/mol. The Morgan fingerprint density at radius 2 is 1.50 bits per heavy atom. The zero-order chi connectivity index (χ0) is 20.1. The fraction of sp³-hybridized carbons (Fsp3) is 0.455. The predicted octanol–water partition coefficient (Wildman–Crippen LogP) is 7.96. The van der Waals surface area contributed by atoms with Crippen LogP contribution in [0.15, 0.2) is 28.7 Å². The van der Waals surface area contributed by atoms with Crippen LogP contribution >= 0.6 is 0 Å². The molecule has 1 aliphatic rings. The lowest BCUT2D eigenvalue weighted by molar-refractivity contribution is -0.139. The number of benzene rings is 2. The molecule has 1 aliphatic carbocycles. The first-order valence-corrected chi connectivity index (χ1v) is 9.71. The van der Waals surface area contributed by atoms with Crippen LogP contribution in [0.1, 0.15) is 62.5 Å². The van der Waals surface area contributed by atoms with Crippen molar-refractivity contribution in [2.24, 2.45) is 5.92 Å². The lowest BCUT2D eigenvalue weighted by Gasteiger charge is -2.28. The maximum atomic E-state index is 15.2. The summed E-state index contributed by atoms with van der Waals surface area (Å²) >= 11 is 0. The normalized spacial score (nSPS) is 20.9. The maximum absolute atomic E-state index is 15.2. The van der Waals surface area contributed by atoms with E-state index in [1.165, 1.54) is 6.42 Å². The smallest absolute Gasteiger partial charge is 0.419 e. The van der Waals surface area contributed by atoms with Gasteiger partial charge in [0, 0.05) is 10.8 Å². The van der Waals surface area contributed by atoms with Crippen molar-refractivity contribution in [2.75, 3.05) is 0 Å². The first kappa shape index (κ1) is 19.2. The molecule has 0 unspecified atom stereocenters. The average Bonchev–Trinajstić information content (AvgIpc) is 3.03. The Labute approximate surface area is 159 Å². The van der Waals surface area contributed by atoms with Crippen molar-refractivity contribution in [1.82, 2.24) is 0 Å². The molecule has 150 valence electrons. The summed E-state index contributed by atoms with van der Waals surface area (Å²) in [6, 6.07) is 5.12. The highest BCUT2D eigenvalue weighted by molar-refractivity contribution is 6.05. The molecule has 0 N–H and O–H groups in total. The molecule has 0 amide bonds. The van der Waals surface area contributed by atoms with Gasteiger partial charge in [0.15, 0.2) is 22.8 Å². The summed E-state index contributed by atoms with van der Waals surface area (Å²) in [6.07, 6.45) is 1.32. The first-order chi connectivity index (χ1) is 13.3. The summed E-state index contributed by atoms with van der Waals surface area (Å²) in [7, 11) is 0. The van der Waals surface area contributed by atoms with E-state index in [1.54, 1.807) is 12.1 Å².